The fourth-order valence-electron chi connectivity index (χ4n) is 2.61. The smallest absolute Gasteiger partial charge is 0.407 e. The largest absolute Gasteiger partial charge is 0.444 e. The van der Waals surface area contributed by atoms with Crippen LogP contribution in [-0.2, 0) is 4.74 Å². The molecule has 118 valence electrons. The van der Waals surface area contributed by atoms with Crippen molar-refractivity contribution in [1.82, 2.24) is 10.6 Å². The second-order valence-corrected chi connectivity index (χ2v) is 6.82. The maximum Gasteiger partial charge on any atom is 0.407 e. The van der Waals surface area contributed by atoms with E-state index in [1.54, 1.807) is 0 Å². The van der Waals surface area contributed by atoms with Crippen LogP contribution in [0, 0.1) is 5.41 Å². The molecule has 0 unspecified atom stereocenters. The molecule has 0 heterocycles. The summed E-state index contributed by atoms with van der Waals surface area (Å²) in [6, 6.07) is 0. The van der Waals surface area contributed by atoms with Crippen molar-refractivity contribution in [2.45, 2.75) is 58.5 Å². The molecule has 5 nitrogen and oxygen atoms in total. The molecule has 0 saturated heterocycles. The van der Waals surface area contributed by atoms with Crippen molar-refractivity contribution in [1.29, 1.82) is 0 Å². The quantitative estimate of drug-likeness (QED) is 0.654. The number of amides is 1. The predicted molar refractivity (Wildman–Crippen MR) is 79.7 cm³/mol. The Labute approximate surface area is 122 Å². The molecule has 1 aliphatic rings. The molecular formula is C15H30N2O3. The van der Waals surface area contributed by atoms with Crippen LogP contribution in [0.4, 0.5) is 4.79 Å². The molecule has 0 spiro atoms. The minimum absolute atomic E-state index is 0.0458. The second kappa shape index (κ2) is 7.84. The van der Waals surface area contributed by atoms with Gasteiger partial charge in [-0.2, -0.15) is 0 Å². The lowest BCUT2D eigenvalue weighted by Gasteiger charge is -2.35. The number of carbonyl (C=O) groups is 1. The highest BCUT2D eigenvalue weighted by atomic mass is 16.6. The monoisotopic (exact) mass is 286 g/mol. The van der Waals surface area contributed by atoms with E-state index in [4.69, 9.17) is 4.74 Å². The molecule has 1 amide bonds. The predicted octanol–water partition coefficient (Wildman–Crippen LogP) is 2.04. The molecule has 1 fully saturated rings. The Kier molecular flexibility index (Phi) is 6.76. The summed E-state index contributed by atoms with van der Waals surface area (Å²) >= 11 is 0. The molecule has 5 heteroatoms. The van der Waals surface area contributed by atoms with Crippen LogP contribution in [0.15, 0.2) is 0 Å². The van der Waals surface area contributed by atoms with E-state index in [2.05, 4.69) is 10.6 Å². The summed E-state index contributed by atoms with van der Waals surface area (Å²) in [5, 5.41) is 15.6. The highest BCUT2D eigenvalue weighted by Gasteiger charge is 2.30. The number of hydrogen-bond donors (Lipinski definition) is 3. The first-order valence-electron chi connectivity index (χ1n) is 7.65. The summed E-state index contributed by atoms with van der Waals surface area (Å²) in [6.07, 6.45) is 5.50. The molecule has 0 aliphatic heterocycles. The molecule has 0 bridgehead atoms. The van der Waals surface area contributed by atoms with Crippen LogP contribution >= 0.6 is 0 Å². The lowest BCUT2D eigenvalue weighted by Crippen LogP contribution is -2.42. The molecule has 0 aromatic heterocycles. The van der Waals surface area contributed by atoms with Gasteiger partial charge in [-0.25, -0.2) is 4.79 Å². The number of hydrogen-bond acceptors (Lipinski definition) is 4. The van der Waals surface area contributed by atoms with E-state index < -0.39 is 5.60 Å². The van der Waals surface area contributed by atoms with Crippen molar-refractivity contribution >= 4 is 6.09 Å². The van der Waals surface area contributed by atoms with Crippen LogP contribution in [0.3, 0.4) is 0 Å². The SMILES string of the molecule is CC(C)(C)OC(=O)NCCNCC1(CO)CCCCC1. The molecule has 20 heavy (non-hydrogen) atoms. The number of aliphatic hydroxyl groups is 1. The van der Waals surface area contributed by atoms with Gasteiger partial charge in [-0.1, -0.05) is 19.3 Å². The van der Waals surface area contributed by atoms with Gasteiger partial charge in [-0.05, 0) is 33.6 Å². The zero-order valence-corrected chi connectivity index (χ0v) is 13.1. The number of ether oxygens (including phenoxy) is 1. The van der Waals surface area contributed by atoms with E-state index in [0.717, 1.165) is 19.4 Å². The van der Waals surface area contributed by atoms with Gasteiger partial charge in [0.05, 0.1) is 0 Å². The van der Waals surface area contributed by atoms with Crippen LogP contribution in [0.5, 0.6) is 0 Å². The molecule has 0 atom stereocenters. The zero-order chi connectivity index (χ0) is 15.1. The van der Waals surface area contributed by atoms with Crippen LogP contribution < -0.4 is 10.6 Å². The van der Waals surface area contributed by atoms with Crippen molar-refractivity contribution in [2.75, 3.05) is 26.2 Å². The Morgan fingerprint density at radius 1 is 1.20 bits per heavy atom. The van der Waals surface area contributed by atoms with Gasteiger partial charge in [-0.3, -0.25) is 0 Å². The minimum Gasteiger partial charge on any atom is -0.444 e. The molecule has 1 saturated carbocycles. The maximum atomic E-state index is 11.4. The van der Waals surface area contributed by atoms with Gasteiger partial charge in [0, 0.05) is 31.7 Å². The summed E-state index contributed by atoms with van der Waals surface area (Å²) < 4.78 is 5.16. The topological polar surface area (TPSA) is 70.6 Å². The number of rotatable bonds is 6. The molecule has 1 rings (SSSR count). The molecule has 3 N–H and O–H groups in total. The van der Waals surface area contributed by atoms with Crippen LogP contribution in [0.2, 0.25) is 0 Å². The summed E-state index contributed by atoms with van der Waals surface area (Å²) in [4.78, 5) is 11.4. The average molecular weight is 286 g/mol. The molecular weight excluding hydrogens is 256 g/mol. The van der Waals surface area contributed by atoms with E-state index in [9.17, 15) is 9.90 Å². The molecule has 1 aliphatic carbocycles. The van der Waals surface area contributed by atoms with Gasteiger partial charge in [0.2, 0.25) is 0 Å². The van der Waals surface area contributed by atoms with E-state index in [-0.39, 0.29) is 18.1 Å². The minimum atomic E-state index is -0.458. The summed E-state index contributed by atoms with van der Waals surface area (Å²) in [5.41, 5.74) is -0.412. The number of carbonyl (C=O) groups excluding carboxylic acids is 1. The fraction of sp³-hybridized carbons (Fsp3) is 0.933. The third-order valence-corrected chi connectivity index (χ3v) is 3.72. The lowest BCUT2D eigenvalue weighted by atomic mass is 9.74. The van der Waals surface area contributed by atoms with Gasteiger partial charge >= 0.3 is 6.09 Å². The van der Waals surface area contributed by atoms with E-state index >= 15 is 0 Å². The van der Waals surface area contributed by atoms with Crippen LogP contribution in [-0.4, -0.2) is 43.0 Å². The van der Waals surface area contributed by atoms with Crippen molar-refractivity contribution in [3.63, 3.8) is 0 Å². The average Bonchev–Trinajstić information content (AvgIpc) is 2.37. The van der Waals surface area contributed by atoms with Crippen LogP contribution in [0.1, 0.15) is 52.9 Å². The van der Waals surface area contributed by atoms with Crippen molar-refractivity contribution in [2.24, 2.45) is 5.41 Å². The van der Waals surface area contributed by atoms with Gasteiger partial charge < -0.3 is 20.5 Å². The van der Waals surface area contributed by atoms with Gasteiger partial charge in [0.1, 0.15) is 5.60 Å². The van der Waals surface area contributed by atoms with Crippen molar-refractivity contribution in [3.8, 4) is 0 Å². The first-order chi connectivity index (χ1) is 9.37. The number of alkyl carbamates (subject to hydrolysis) is 1. The summed E-state index contributed by atoms with van der Waals surface area (Å²) in [7, 11) is 0. The standard InChI is InChI=1S/C15H30N2O3/c1-14(2,3)20-13(19)17-10-9-16-11-15(12-18)7-5-4-6-8-15/h16,18H,4-12H2,1-3H3,(H,17,19). The summed E-state index contributed by atoms with van der Waals surface area (Å²) in [5.74, 6) is 0. The lowest BCUT2D eigenvalue weighted by molar-refractivity contribution is 0.0525. The highest BCUT2D eigenvalue weighted by Crippen LogP contribution is 2.35. The second-order valence-electron chi connectivity index (χ2n) is 6.82. The number of aliphatic hydroxyl groups excluding tert-OH is 1. The Morgan fingerprint density at radius 3 is 2.40 bits per heavy atom. The first kappa shape index (κ1) is 17.2. The van der Waals surface area contributed by atoms with Crippen LogP contribution in [0.25, 0.3) is 0 Å². The fourth-order valence-corrected chi connectivity index (χ4v) is 2.61. The van der Waals surface area contributed by atoms with E-state index in [1.807, 2.05) is 20.8 Å². The van der Waals surface area contributed by atoms with Gasteiger partial charge in [0.25, 0.3) is 0 Å². The third-order valence-electron chi connectivity index (χ3n) is 3.72. The van der Waals surface area contributed by atoms with Crippen molar-refractivity contribution < 1.29 is 14.6 Å². The molecule has 0 aromatic rings. The van der Waals surface area contributed by atoms with E-state index in [1.165, 1.54) is 19.3 Å². The highest BCUT2D eigenvalue weighted by molar-refractivity contribution is 5.67. The zero-order valence-electron chi connectivity index (χ0n) is 13.1. The molecule has 0 aromatic carbocycles. The van der Waals surface area contributed by atoms with Gasteiger partial charge in [-0.15, -0.1) is 0 Å². The Hall–Kier alpha value is -0.810. The first-order valence-corrected chi connectivity index (χ1v) is 7.65. The normalized spacial score (nSPS) is 18.6. The Balaban J connectivity index is 2.13. The van der Waals surface area contributed by atoms with E-state index in [0.29, 0.717) is 13.1 Å². The summed E-state index contributed by atoms with van der Waals surface area (Å²) in [6.45, 7) is 7.84. The van der Waals surface area contributed by atoms with Crippen molar-refractivity contribution in [3.05, 3.63) is 0 Å². The third kappa shape index (κ3) is 6.57. The van der Waals surface area contributed by atoms with Gasteiger partial charge in [0.15, 0.2) is 0 Å². The Morgan fingerprint density at radius 2 is 1.85 bits per heavy atom. The molecule has 0 radical (unpaired) electrons. The number of nitrogens with one attached hydrogen (secondary N) is 2. The Bertz CT molecular complexity index is 294. The maximum absolute atomic E-state index is 11.4.